The standard InChI is InChI=1S/C36H51ClN6O7/c1-6-10-25(29(45)32(47)39-23-13-14-23)40-31(46)27-18-36(17-26(42-50-36)24-16-22(37)19-38-33(24)49-5)20-43(27)34(48)30(35(2,3)4)41-28(44)15-21-11-8-7-9-12-21/h16,19,21,23,25,27,30H,6-15,17-18,20H2,1-5H3,(H,39,47)(H,40,46)(H,41,44)/t25-,27-,30+,36+/m0/s1. The number of nitrogens with one attached hydrogen (secondary N) is 3. The monoisotopic (exact) mass is 714 g/mol. The van der Waals surface area contributed by atoms with E-state index in [1.165, 1.54) is 24.6 Å². The number of likely N-dealkylation sites (tertiary alicyclic amines) is 1. The van der Waals surface area contributed by atoms with Crippen molar-refractivity contribution in [1.29, 1.82) is 0 Å². The quantitative estimate of drug-likeness (QED) is 0.259. The highest BCUT2D eigenvalue weighted by Gasteiger charge is 2.56. The van der Waals surface area contributed by atoms with E-state index in [2.05, 4.69) is 26.1 Å². The maximum absolute atomic E-state index is 14.6. The Hall–Kier alpha value is -3.74. The third-order valence-electron chi connectivity index (χ3n) is 10.1. The van der Waals surface area contributed by atoms with Crippen molar-refractivity contribution in [2.45, 2.75) is 135 Å². The molecule has 0 aromatic carbocycles. The Bertz CT molecular complexity index is 1500. The van der Waals surface area contributed by atoms with Gasteiger partial charge >= 0.3 is 0 Å². The number of ether oxygens (including phenoxy) is 1. The van der Waals surface area contributed by atoms with Crippen LogP contribution in [0.2, 0.25) is 5.02 Å². The second-order valence-electron chi connectivity index (χ2n) is 15.4. The van der Waals surface area contributed by atoms with Gasteiger partial charge in [0, 0.05) is 31.5 Å². The van der Waals surface area contributed by atoms with Gasteiger partial charge in [-0.05, 0) is 49.5 Å². The summed E-state index contributed by atoms with van der Waals surface area (Å²) < 4.78 is 5.44. The third kappa shape index (κ3) is 8.94. The van der Waals surface area contributed by atoms with E-state index in [0.717, 1.165) is 38.5 Å². The van der Waals surface area contributed by atoms with Gasteiger partial charge in [0.2, 0.25) is 29.4 Å². The van der Waals surface area contributed by atoms with Crippen LogP contribution in [-0.2, 0) is 28.8 Å². The topological polar surface area (TPSA) is 168 Å². The number of hydrogen-bond acceptors (Lipinski definition) is 9. The summed E-state index contributed by atoms with van der Waals surface area (Å²) in [5.74, 6) is -2.08. The Morgan fingerprint density at radius 1 is 1.10 bits per heavy atom. The highest BCUT2D eigenvalue weighted by molar-refractivity contribution is 6.38. The van der Waals surface area contributed by atoms with Gasteiger partial charge < -0.3 is 30.4 Å². The molecule has 3 fully saturated rings. The highest BCUT2D eigenvalue weighted by atomic mass is 35.5. The molecule has 2 saturated carbocycles. The van der Waals surface area contributed by atoms with Crippen LogP contribution in [0.5, 0.6) is 5.88 Å². The Kier molecular flexibility index (Phi) is 11.7. The van der Waals surface area contributed by atoms with Crippen LogP contribution in [-0.4, -0.2) is 88.4 Å². The number of ketones is 1. The van der Waals surface area contributed by atoms with Gasteiger partial charge in [-0.15, -0.1) is 0 Å². The number of methoxy groups -OCH3 is 1. The normalized spacial score (nSPS) is 23.4. The first-order valence-corrected chi connectivity index (χ1v) is 18.3. The molecule has 2 aliphatic heterocycles. The number of aromatic nitrogens is 1. The van der Waals surface area contributed by atoms with Crippen LogP contribution in [0.25, 0.3) is 0 Å². The molecule has 1 aromatic rings. The van der Waals surface area contributed by atoms with Crippen molar-refractivity contribution in [1.82, 2.24) is 25.8 Å². The van der Waals surface area contributed by atoms with Crippen molar-refractivity contribution in [3.63, 3.8) is 0 Å². The molecule has 2 aliphatic carbocycles. The number of amides is 4. The number of pyridine rings is 1. The van der Waals surface area contributed by atoms with Gasteiger partial charge in [-0.25, -0.2) is 4.98 Å². The SMILES string of the molecule is CCC[C@H](NC(=O)[C@@H]1C[C@]2(CC(c3cc(Cl)cnc3OC)=NO2)CN1C(=O)[C@@H](NC(=O)CC1CCCCC1)C(C)(C)C)C(=O)C(=O)NC1CC1. The number of carbonyl (C=O) groups excluding carboxylic acids is 5. The van der Waals surface area contributed by atoms with E-state index in [1.807, 2.05) is 27.7 Å². The zero-order chi connectivity index (χ0) is 36.2. The second kappa shape index (κ2) is 15.7. The average molecular weight is 715 g/mol. The first-order chi connectivity index (χ1) is 23.7. The molecule has 0 bridgehead atoms. The fraction of sp³-hybridized carbons (Fsp3) is 0.694. The largest absolute Gasteiger partial charge is 0.481 e. The van der Waals surface area contributed by atoms with E-state index >= 15 is 0 Å². The Labute approximate surface area is 299 Å². The number of carbonyl (C=O) groups is 5. The van der Waals surface area contributed by atoms with Gasteiger partial charge in [-0.2, -0.15) is 0 Å². The molecule has 0 unspecified atom stereocenters. The van der Waals surface area contributed by atoms with Gasteiger partial charge in [-0.3, -0.25) is 24.0 Å². The summed E-state index contributed by atoms with van der Waals surface area (Å²) in [5, 5.41) is 13.2. The molecule has 1 saturated heterocycles. The molecule has 13 nitrogen and oxygen atoms in total. The molecule has 3 N–H and O–H groups in total. The average Bonchev–Trinajstić information content (AvgIpc) is 3.67. The molecular formula is C36H51ClN6O7. The van der Waals surface area contributed by atoms with E-state index in [1.54, 1.807) is 6.07 Å². The van der Waals surface area contributed by atoms with Crippen LogP contribution in [0.1, 0.15) is 110 Å². The number of oxime groups is 1. The lowest BCUT2D eigenvalue weighted by Crippen LogP contribution is -2.59. The van der Waals surface area contributed by atoms with E-state index in [-0.39, 0.29) is 43.7 Å². The van der Waals surface area contributed by atoms with Crippen molar-refractivity contribution in [2.24, 2.45) is 16.5 Å². The maximum atomic E-state index is 14.6. The van der Waals surface area contributed by atoms with Crippen molar-refractivity contribution < 1.29 is 33.5 Å². The smallest absolute Gasteiger partial charge is 0.289 e. The fourth-order valence-corrected chi connectivity index (χ4v) is 7.38. The number of halogens is 1. The second-order valence-corrected chi connectivity index (χ2v) is 15.9. The van der Waals surface area contributed by atoms with Crippen molar-refractivity contribution >= 4 is 46.7 Å². The molecule has 274 valence electrons. The summed E-state index contributed by atoms with van der Waals surface area (Å²) in [6.45, 7) is 7.47. The van der Waals surface area contributed by atoms with Gasteiger partial charge in [0.25, 0.3) is 5.91 Å². The molecule has 4 atom stereocenters. The van der Waals surface area contributed by atoms with Gasteiger partial charge in [-0.1, -0.05) is 70.1 Å². The molecule has 0 radical (unpaired) electrons. The first-order valence-electron chi connectivity index (χ1n) is 17.9. The maximum Gasteiger partial charge on any atom is 0.289 e. The first kappa shape index (κ1) is 37.5. The summed E-state index contributed by atoms with van der Waals surface area (Å²) >= 11 is 6.26. The van der Waals surface area contributed by atoms with Crippen LogP contribution in [0.4, 0.5) is 0 Å². The summed E-state index contributed by atoms with van der Waals surface area (Å²) in [7, 11) is 1.48. The van der Waals surface area contributed by atoms with E-state index in [9.17, 15) is 24.0 Å². The molecule has 4 aliphatic rings. The van der Waals surface area contributed by atoms with Crippen LogP contribution in [0.15, 0.2) is 17.4 Å². The predicted octanol–water partition coefficient (Wildman–Crippen LogP) is 3.84. The van der Waals surface area contributed by atoms with E-state index in [0.29, 0.717) is 35.0 Å². The minimum absolute atomic E-state index is 0.00708. The molecule has 1 aromatic heterocycles. The number of hydrogen-bond donors (Lipinski definition) is 3. The molecule has 3 heterocycles. The Morgan fingerprint density at radius 3 is 2.46 bits per heavy atom. The minimum atomic E-state index is -1.09. The summed E-state index contributed by atoms with van der Waals surface area (Å²) in [4.78, 5) is 79.8. The van der Waals surface area contributed by atoms with E-state index < -0.39 is 52.6 Å². The van der Waals surface area contributed by atoms with Crippen molar-refractivity contribution in [3.05, 3.63) is 22.8 Å². The zero-order valence-corrected chi connectivity index (χ0v) is 30.6. The molecule has 1 spiro atoms. The molecule has 5 rings (SSSR count). The summed E-state index contributed by atoms with van der Waals surface area (Å²) in [6.07, 6.45) is 9.84. The molecular weight excluding hydrogens is 664 g/mol. The molecule has 4 amide bonds. The van der Waals surface area contributed by atoms with Gasteiger partial charge in [0.05, 0.1) is 36.0 Å². The minimum Gasteiger partial charge on any atom is -0.481 e. The molecule has 50 heavy (non-hydrogen) atoms. The lowest BCUT2D eigenvalue weighted by Gasteiger charge is -2.36. The van der Waals surface area contributed by atoms with Crippen molar-refractivity contribution in [3.8, 4) is 5.88 Å². The van der Waals surface area contributed by atoms with Crippen LogP contribution >= 0.6 is 11.6 Å². The zero-order valence-electron chi connectivity index (χ0n) is 29.8. The van der Waals surface area contributed by atoms with Gasteiger partial charge in [0.1, 0.15) is 12.1 Å². The lowest BCUT2D eigenvalue weighted by molar-refractivity contribution is -0.145. The Morgan fingerprint density at radius 2 is 1.82 bits per heavy atom. The number of nitrogens with zero attached hydrogens (tertiary/aromatic N) is 3. The van der Waals surface area contributed by atoms with Crippen molar-refractivity contribution in [2.75, 3.05) is 13.7 Å². The summed E-state index contributed by atoms with van der Waals surface area (Å²) in [5.41, 5.74) is -0.771. The predicted molar refractivity (Wildman–Crippen MR) is 186 cm³/mol. The fourth-order valence-electron chi connectivity index (χ4n) is 7.23. The number of Topliss-reactive ketones (excluding diaryl/α,β-unsaturated/α-hetero) is 1. The lowest BCUT2D eigenvalue weighted by atomic mass is 9.84. The Balaban J connectivity index is 1.40. The van der Waals surface area contributed by atoms with Crippen LogP contribution in [0.3, 0.4) is 0 Å². The van der Waals surface area contributed by atoms with Crippen LogP contribution < -0.4 is 20.7 Å². The number of rotatable bonds is 13. The highest BCUT2D eigenvalue weighted by Crippen LogP contribution is 2.41. The van der Waals surface area contributed by atoms with E-state index in [4.69, 9.17) is 21.2 Å². The third-order valence-corrected chi connectivity index (χ3v) is 10.3. The molecule has 14 heteroatoms. The van der Waals surface area contributed by atoms with Crippen LogP contribution in [0, 0.1) is 11.3 Å². The van der Waals surface area contributed by atoms with Gasteiger partial charge in [0.15, 0.2) is 5.60 Å². The summed E-state index contributed by atoms with van der Waals surface area (Å²) in [6, 6.07) is -1.43.